The molecule has 3 heteroatoms. The van der Waals surface area contributed by atoms with Gasteiger partial charge in [-0.2, -0.15) is 0 Å². The molecule has 102 valence electrons. The Balaban J connectivity index is 2.26. The van der Waals surface area contributed by atoms with Crippen LogP contribution in [0.25, 0.3) is 0 Å². The third kappa shape index (κ3) is 6.62. The first kappa shape index (κ1) is 15.0. The molecule has 0 aliphatic carbocycles. The minimum absolute atomic E-state index is 0.276. The number of unbranched alkanes of at least 4 members (excludes halogenated alkanes) is 2. The van der Waals surface area contributed by atoms with Gasteiger partial charge in [0.05, 0.1) is 6.61 Å². The van der Waals surface area contributed by atoms with E-state index in [0.29, 0.717) is 0 Å². The Morgan fingerprint density at radius 3 is 2.89 bits per heavy atom. The van der Waals surface area contributed by atoms with Crippen LogP contribution in [0.1, 0.15) is 38.2 Å². The van der Waals surface area contributed by atoms with Crippen molar-refractivity contribution in [2.24, 2.45) is 0 Å². The van der Waals surface area contributed by atoms with Crippen molar-refractivity contribution < 1.29 is 9.84 Å². The third-order valence-electron chi connectivity index (χ3n) is 2.73. The van der Waals surface area contributed by atoms with Crippen LogP contribution in [-0.4, -0.2) is 24.9 Å². The van der Waals surface area contributed by atoms with E-state index in [1.165, 1.54) is 5.56 Å². The summed E-state index contributed by atoms with van der Waals surface area (Å²) in [4.78, 5) is 0. The average Bonchev–Trinajstić information content (AvgIpc) is 2.39. The van der Waals surface area contributed by atoms with Crippen molar-refractivity contribution in [2.75, 3.05) is 19.8 Å². The van der Waals surface area contributed by atoms with Gasteiger partial charge in [0.1, 0.15) is 5.75 Å². The summed E-state index contributed by atoms with van der Waals surface area (Å²) in [6, 6.07) is 8.23. The lowest BCUT2D eigenvalue weighted by molar-refractivity contribution is 0.266. The Labute approximate surface area is 110 Å². The summed E-state index contributed by atoms with van der Waals surface area (Å²) >= 11 is 0. The van der Waals surface area contributed by atoms with Crippen LogP contribution in [0.15, 0.2) is 24.3 Å². The molecule has 0 aliphatic heterocycles. The molecule has 0 atom stereocenters. The summed E-state index contributed by atoms with van der Waals surface area (Å²) in [7, 11) is 0. The summed E-state index contributed by atoms with van der Waals surface area (Å²) in [5.74, 6) is 0.940. The van der Waals surface area contributed by atoms with Crippen LogP contribution >= 0.6 is 0 Å². The fourth-order valence-electron chi connectivity index (χ4n) is 1.74. The number of aliphatic hydroxyl groups excluding tert-OH is 1. The standard InChI is InChI=1S/C15H25NO2/c1-2-9-16-13-14-7-6-8-15(12-14)18-11-5-3-4-10-17/h6-8,12,16-17H,2-5,9-11,13H2,1H3. The van der Waals surface area contributed by atoms with Crippen LogP contribution < -0.4 is 10.1 Å². The molecule has 0 aliphatic rings. The number of hydrogen-bond acceptors (Lipinski definition) is 3. The van der Waals surface area contributed by atoms with Gasteiger partial charge in [0.25, 0.3) is 0 Å². The first-order valence-electron chi connectivity index (χ1n) is 6.90. The first-order valence-corrected chi connectivity index (χ1v) is 6.90. The van der Waals surface area contributed by atoms with E-state index in [4.69, 9.17) is 9.84 Å². The molecule has 1 aromatic rings. The van der Waals surface area contributed by atoms with Crippen molar-refractivity contribution in [3.8, 4) is 5.75 Å². The second kappa shape index (κ2) is 9.92. The molecule has 0 saturated heterocycles. The lowest BCUT2D eigenvalue weighted by Gasteiger charge is -2.08. The summed E-state index contributed by atoms with van der Waals surface area (Å²) in [5.41, 5.74) is 1.26. The van der Waals surface area contributed by atoms with Crippen LogP contribution in [0.5, 0.6) is 5.75 Å². The van der Waals surface area contributed by atoms with Crippen molar-refractivity contribution in [3.63, 3.8) is 0 Å². The van der Waals surface area contributed by atoms with Gasteiger partial charge in [-0.1, -0.05) is 19.1 Å². The number of ether oxygens (including phenoxy) is 1. The van der Waals surface area contributed by atoms with Crippen LogP contribution in [0.2, 0.25) is 0 Å². The zero-order valence-corrected chi connectivity index (χ0v) is 11.3. The molecule has 0 fully saturated rings. The van der Waals surface area contributed by atoms with E-state index in [2.05, 4.69) is 24.4 Å². The molecule has 0 amide bonds. The van der Waals surface area contributed by atoms with Gasteiger partial charge in [0.15, 0.2) is 0 Å². The molecule has 2 N–H and O–H groups in total. The van der Waals surface area contributed by atoms with Gasteiger partial charge in [0, 0.05) is 13.2 Å². The predicted molar refractivity (Wildman–Crippen MR) is 74.9 cm³/mol. The zero-order valence-electron chi connectivity index (χ0n) is 11.3. The fraction of sp³-hybridized carbons (Fsp3) is 0.600. The summed E-state index contributed by atoms with van der Waals surface area (Å²) in [6.07, 6.45) is 4.04. The van der Waals surface area contributed by atoms with Gasteiger partial charge < -0.3 is 15.2 Å². The molecule has 1 aromatic carbocycles. The molecular weight excluding hydrogens is 226 g/mol. The lowest BCUT2D eigenvalue weighted by atomic mass is 10.2. The van der Waals surface area contributed by atoms with Gasteiger partial charge in [-0.05, 0) is 49.9 Å². The van der Waals surface area contributed by atoms with E-state index in [-0.39, 0.29) is 6.61 Å². The molecule has 18 heavy (non-hydrogen) atoms. The SMILES string of the molecule is CCCNCc1cccc(OCCCCCO)c1. The largest absolute Gasteiger partial charge is 0.494 e. The van der Waals surface area contributed by atoms with Gasteiger partial charge >= 0.3 is 0 Å². The van der Waals surface area contributed by atoms with Crippen molar-refractivity contribution in [3.05, 3.63) is 29.8 Å². The average molecular weight is 251 g/mol. The predicted octanol–water partition coefficient (Wildman–Crippen LogP) is 2.73. The first-order chi connectivity index (χ1) is 8.86. The van der Waals surface area contributed by atoms with Crippen LogP contribution in [0, 0.1) is 0 Å². The van der Waals surface area contributed by atoms with Crippen LogP contribution in [0.3, 0.4) is 0 Å². The zero-order chi connectivity index (χ0) is 13.1. The van der Waals surface area contributed by atoms with E-state index in [9.17, 15) is 0 Å². The number of rotatable bonds is 10. The molecule has 0 heterocycles. The van der Waals surface area contributed by atoms with E-state index in [0.717, 1.165) is 51.1 Å². The third-order valence-corrected chi connectivity index (χ3v) is 2.73. The molecular formula is C15H25NO2. The molecule has 0 spiro atoms. The van der Waals surface area contributed by atoms with E-state index < -0.39 is 0 Å². The second-order valence-corrected chi connectivity index (χ2v) is 4.46. The number of hydrogen-bond donors (Lipinski definition) is 2. The van der Waals surface area contributed by atoms with Crippen molar-refractivity contribution in [2.45, 2.75) is 39.2 Å². The van der Waals surface area contributed by atoms with E-state index in [1.807, 2.05) is 12.1 Å². The topological polar surface area (TPSA) is 41.5 Å². The fourth-order valence-corrected chi connectivity index (χ4v) is 1.74. The highest BCUT2D eigenvalue weighted by Gasteiger charge is 1.97. The highest BCUT2D eigenvalue weighted by Crippen LogP contribution is 2.13. The molecule has 0 aromatic heterocycles. The maximum atomic E-state index is 8.67. The van der Waals surface area contributed by atoms with Gasteiger partial charge in [-0.15, -0.1) is 0 Å². The van der Waals surface area contributed by atoms with Crippen LogP contribution in [-0.2, 0) is 6.54 Å². The molecule has 0 radical (unpaired) electrons. The quantitative estimate of drug-likeness (QED) is 0.628. The lowest BCUT2D eigenvalue weighted by Crippen LogP contribution is -2.13. The van der Waals surface area contributed by atoms with Crippen molar-refractivity contribution >= 4 is 0 Å². The number of benzene rings is 1. The minimum atomic E-state index is 0.276. The van der Waals surface area contributed by atoms with Crippen molar-refractivity contribution in [1.82, 2.24) is 5.32 Å². The smallest absolute Gasteiger partial charge is 0.119 e. The maximum absolute atomic E-state index is 8.67. The second-order valence-electron chi connectivity index (χ2n) is 4.46. The molecule has 1 rings (SSSR count). The maximum Gasteiger partial charge on any atom is 0.119 e. The molecule has 0 unspecified atom stereocenters. The number of nitrogens with one attached hydrogen (secondary N) is 1. The van der Waals surface area contributed by atoms with Gasteiger partial charge in [-0.3, -0.25) is 0 Å². The van der Waals surface area contributed by atoms with Gasteiger partial charge in [-0.25, -0.2) is 0 Å². The van der Waals surface area contributed by atoms with Crippen molar-refractivity contribution in [1.29, 1.82) is 0 Å². The Hall–Kier alpha value is -1.06. The number of aliphatic hydroxyl groups is 1. The highest BCUT2D eigenvalue weighted by atomic mass is 16.5. The highest BCUT2D eigenvalue weighted by molar-refractivity contribution is 5.28. The Morgan fingerprint density at radius 2 is 2.11 bits per heavy atom. The van der Waals surface area contributed by atoms with Crippen LogP contribution in [0.4, 0.5) is 0 Å². The monoisotopic (exact) mass is 251 g/mol. The van der Waals surface area contributed by atoms with E-state index in [1.54, 1.807) is 0 Å². The van der Waals surface area contributed by atoms with E-state index >= 15 is 0 Å². The molecule has 0 bridgehead atoms. The minimum Gasteiger partial charge on any atom is -0.494 e. The Morgan fingerprint density at radius 1 is 1.22 bits per heavy atom. The summed E-state index contributed by atoms with van der Waals surface area (Å²) in [5, 5.41) is 12.1. The Bertz CT molecular complexity index is 315. The molecule has 3 nitrogen and oxygen atoms in total. The summed E-state index contributed by atoms with van der Waals surface area (Å²) in [6.45, 7) is 5.12. The van der Waals surface area contributed by atoms with Gasteiger partial charge in [0.2, 0.25) is 0 Å². The normalized spacial score (nSPS) is 10.6. The summed E-state index contributed by atoms with van der Waals surface area (Å²) < 4.78 is 5.69. The molecule has 0 saturated carbocycles. The Kier molecular flexibility index (Phi) is 8.26.